The Labute approximate surface area is 191 Å². The van der Waals surface area contributed by atoms with Gasteiger partial charge in [-0.15, -0.1) is 0 Å². The molecule has 1 saturated heterocycles. The summed E-state index contributed by atoms with van der Waals surface area (Å²) in [4.78, 5) is 18.8. The molecule has 3 N–H and O–H groups in total. The van der Waals surface area contributed by atoms with Crippen LogP contribution < -0.4 is 11.3 Å². The fourth-order valence-electron chi connectivity index (χ4n) is 5.56. The molecule has 0 bridgehead atoms. The zero-order chi connectivity index (χ0) is 22.7. The highest BCUT2D eigenvalue weighted by atomic mass is 16.1. The molecule has 1 aromatic heterocycles. The number of fused-ring (bicyclic) bond motifs is 1. The third-order valence-corrected chi connectivity index (χ3v) is 7.16. The van der Waals surface area contributed by atoms with E-state index in [1.807, 2.05) is 30.3 Å². The average Bonchev–Trinajstić information content (AvgIpc) is 2.76. The fraction of sp³-hybridized carbons (Fsp3) is 0.464. The molecule has 0 radical (unpaired) electrons. The SMILES string of the molecule is CCCCC(c1cccc2[nH]c(=O)c(Cc3cccc(N)c3)cc12)N1C(C)CCCC1C. The summed E-state index contributed by atoms with van der Waals surface area (Å²) >= 11 is 0. The molecule has 4 nitrogen and oxygen atoms in total. The van der Waals surface area contributed by atoms with E-state index in [0.717, 1.165) is 28.8 Å². The molecule has 0 amide bonds. The maximum absolute atomic E-state index is 12.9. The third kappa shape index (κ3) is 4.75. The number of nitrogen functional groups attached to an aromatic ring is 1. The van der Waals surface area contributed by atoms with E-state index < -0.39 is 0 Å². The number of likely N-dealkylation sites (tertiary alicyclic amines) is 1. The summed E-state index contributed by atoms with van der Waals surface area (Å²) in [6.07, 6.45) is 7.96. The number of nitrogens with zero attached hydrogens (tertiary/aromatic N) is 1. The molecule has 4 heteroatoms. The number of nitrogens with two attached hydrogens (primary N) is 1. The van der Waals surface area contributed by atoms with Gasteiger partial charge in [-0.05, 0) is 68.5 Å². The molecule has 170 valence electrons. The second-order valence-electron chi connectivity index (χ2n) is 9.59. The van der Waals surface area contributed by atoms with Gasteiger partial charge < -0.3 is 10.7 Å². The molecular weight excluding hydrogens is 394 g/mol. The number of hydrogen-bond acceptors (Lipinski definition) is 3. The van der Waals surface area contributed by atoms with Crippen LogP contribution in [0.15, 0.2) is 53.3 Å². The van der Waals surface area contributed by atoms with Crippen LogP contribution in [0.5, 0.6) is 0 Å². The smallest absolute Gasteiger partial charge is 0.251 e. The molecule has 1 aliphatic heterocycles. The number of aromatic nitrogens is 1. The van der Waals surface area contributed by atoms with Gasteiger partial charge in [-0.25, -0.2) is 0 Å². The molecule has 3 unspecified atom stereocenters. The predicted octanol–water partition coefficient (Wildman–Crippen LogP) is 6.20. The van der Waals surface area contributed by atoms with Crippen LogP contribution in [-0.4, -0.2) is 22.0 Å². The second kappa shape index (κ2) is 9.91. The van der Waals surface area contributed by atoms with E-state index in [-0.39, 0.29) is 5.56 Å². The van der Waals surface area contributed by atoms with Crippen molar-refractivity contribution in [3.05, 3.63) is 75.6 Å². The van der Waals surface area contributed by atoms with Crippen LogP contribution in [0.3, 0.4) is 0 Å². The molecule has 0 aliphatic carbocycles. The molecular formula is C28H37N3O. The summed E-state index contributed by atoms with van der Waals surface area (Å²) in [5.74, 6) is 0. The van der Waals surface area contributed by atoms with Crippen molar-refractivity contribution in [2.24, 2.45) is 0 Å². The van der Waals surface area contributed by atoms with Gasteiger partial charge in [0.2, 0.25) is 0 Å². The lowest BCUT2D eigenvalue weighted by Gasteiger charge is -2.45. The highest BCUT2D eigenvalue weighted by molar-refractivity contribution is 5.83. The average molecular weight is 432 g/mol. The van der Waals surface area contributed by atoms with Crippen molar-refractivity contribution in [1.82, 2.24) is 9.88 Å². The number of anilines is 1. The number of rotatable bonds is 7. The van der Waals surface area contributed by atoms with Crippen molar-refractivity contribution >= 4 is 16.6 Å². The summed E-state index contributed by atoms with van der Waals surface area (Å²) in [5, 5.41) is 1.18. The van der Waals surface area contributed by atoms with Gasteiger partial charge in [0.15, 0.2) is 0 Å². The van der Waals surface area contributed by atoms with Crippen LogP contribution in [0.2, 0.25) is 0 Å². The first-order valence-corrected chi connectivity index (χ1v) is 12.2. The monoisotopic (exact) mass is 431 g/mol. The van der Waals surface area contributed by atoms with E-state index in [9.17, 15) is 4.79 Å². The molecule has 3 aromatic rings. The van der Waals surface area contributed by atoms with Crippen LogP contribution in [0.25, 0.3) is 10.9 Å². The fourth-order valence-corrected chi connectivity index (χ4v) is 5.56. The van der Waals surface area contributed by atoms with Gasteiger partial charge in [0.25, 0.3) is 5.56 Å². The Morgan fingerprint density at radius 3 is 2.56 bits per heavy atom. The quantitative estimate of drug-likeness (QED) is 0.438. The number of aromatic amines is 1. The minimum absolute atomic E-state index is 0.0121. The van der Waals surface area contributed by atoms with Crippen LogP contribution >= 0.6 is 0 Å². The first kappa shape index (κ1) is 22.6. The second-order valence-corrected chi connectivity index (χ2v) is 9.59. The number of piperidine rings is 1. The van der Waals surface area contributed by atoms with Gasteiger partial charge in [-0.3, -0.25) is 9.69 Å². The van der Waals surface area contributed by atoms with Gasteiger partial charge in [0.1, 0.15) is 0 Å². The number of nitrogens with one attached hydrogen (secondary N) is 1. The standard InChI is InChI=1S/C28H37N3O/c1-4-5-15-27(31-19(2)9-6-10-20(31)3)24-13-8-14-26-25(24)18-22(28(32)30-26)16-21-11-7-12-23(29)17-21/h7-8,11-14,17-20,27H,4-6,9-10,15-16,29H2,1-3H3,(H,30,32). The Balaban J connectivity index is 1.79. The molecule has 1 aliphatic rings. The van der Waals surface area contributed by atoms with E-state index >= 15 is 0 Å². The van der Waals surface area contributed by atoms with E-state index in [1.54, 1.807) is 0 Å². The van der Waals surface area contributed by atoms with Crippen LogP contribution in [0.4, 0.5) is 5.69 Å². The lowest BCUT2D eigenvalue weighted by atomic mass is 9.88. The van der Waals surface area contributed by atoms with Gasteiger partial charge >= 0.3 is 0 Å². The molecule has 32 heavy (non-hydrogen) atoms. The van der Waals surface area contributed by atoms with Crippen molar-refractivity contribution in [2.45, 2.75) is 83.8 Å². The molecule has 0 spiro atoms. The largest absolute Gasteiger partial charge is 0.399 e. The zero-order valence-electron chi connectivity index (χ0n) is 19.7. The highest BCUT2D eigenvalue weighted by Gasteiger charge is 2.32. The normalized spacial score (nSPS) is 20.5. The maximum atomic E-state index is 12.9. The first-order chi connectivity index (χ1) is 15.5. The molecule has 0 saturated carbocycles. The van der Waals surface area contributed by atoms with Crippen LogP contribution in [0, 0.1) is 0 Å². The Morgan fingerprint density at radius 2 is 1.84 bits per heavy atom. The topological polar surface area (TPSA) is 62.1 Å². The first-order valence-electron chi connectivity index (χ1n) is 12.2. The summed E-state index contributed by atoms with van der Waals surface area (Å²) in [7, 11) is 0. The molecule has 2 aromatic carbocycles. The summed E-state index contributed by atoms with van der Waals surface area (Å²) in [6, 6.07) is 17.9. The maximum Gasteiger partial charge on any atom is 0.251 e. The Bertz CT molecular complexity index is 1110. The minimum atomic E-state index is -0.0121. The molecule has 4 rings (SSSR count). The van der Waals surface area contributed by atoms with E-state index in [4.69, 9.17) is 5.73 Å². The van der Waals surface area contributed by atoms with Gasteiger partial charge in [-0.1, -0.05) is 50.5 Å². The zero-order valence-corrected chi connectivity index (χ0v) is 19.7. The molecule has 2 heterocycles. The van der Waals surface area contributed by atoms with Gasteiger partial charge in [0.05, 0.1) is 0 Å². The van der Waals surface area contributed by atoms with Crippen molar-refractivity contribution in [3.8, 4) is 0 Å². The number of pyridine rings is 1. The number of benzene rings is 2. The molecule has 1 fully saturated rings. The van der Waals surface area contributed by atoms with Gasteiger partial charge in [0, 0.05) is 46.7 Å². The van der Waals surface area contributed by atoms with Gasteiger partial charge in [-0.2, -0.15) is 0 Å². The van der Waals surface area contributed by atoms with Crippen molar-refractivity contribution < 1.29 is 0 Å². The predicted molar refractivity (Wildman–Crippen MR) is 135 cm³/mol. The number of hydrogen-bond donors (Lipinski definition) is 2. The summed E-state index contributed by atoms with van der Waals surface area (Å²) in [5.41, 5.74) is 10.8. The molecule has 3 atom stereocenters. The van der Waals surface area contributed by atoms with Crippen molar-refractivity contribution in [1.29, 1.82) is 0 Å². The third-order valence-electron chi connectivity index (χ3n) is 7.16. The minimum Gasteiger partial charge on any atom is -0.399 e. The summed E-state index contributed by atoms with van der Waals surface area (Å²) < 4.78 is 0. The number of H-pyrrole nitrogens is 1. The van der Waals surface area contributed by atoms with E-state index in [2.05, 4.69) is 48.9 Å². The Morgan fingerprint density at radius 1 is 1.09 bits per heavy atom. The Kier molecular flexibility index (Phi) is 7.00. The van der Waals surface area contributed by atoms with E-state index in [1.165, 1.54) is 43.1 Å². The number of unbranched alkanes of at least 4 members (excludes halogenated alkanes) is 1. The Hall–Kier alpha value is -2.59. The summed E-state index contributed by atoms with van der Waals surface area (Å²) in [6.45, 7) is 7.03. The van der Waals surface area contributed by atoms with E-state index in [0.29, 0.717) is 24.5 Å². The van der Waals surface area contributed by atoms with Crippen LogP contribution in [-0.2, 0) is 6.42 Å². The van der Waals surface area contributed by atoms with Crippen molar-refractivity contribution in [2.75, 3.05) is 5.73 Å². The highest BCUT2D eigenvalue weighted by Crippen LogP contribution is 2.38. The van der Waals surface area contributed by atoms with Crippen molar-refractivity contribution in [3.63, 3.8) is 0 Å². The lowest BCUT2D eigenvalue weighted by Crippen LogP contribution is -2.46. The van der Waals surface area contributed by atoms with Crippen LogP contribution in [0.1, 0.15) is 82.0 Å². The lowest BCUT2D eigenvalue weighted by molar-refractivity contribution is 0.0496.